The van der Waals surface area contributed by atoms with Gasteiger partial charge in [0.25, 0.3) is 5.91 Å². The molecular formula is C21H32N2O7. The van der Waals surface area contributed by atoms with Crippen LogP contribution in [0.1, 0.15) is 44.0 Å². The number of likely N-dealkylation sites (tertiary alicyclic amines) is 1. The second-order valence-corrected chi connectivity index (χ2v) is 8.10. The molecule has 0 bridgehead atoms. The third-order valence-electron chi connectivity index (χ3n) is 4.54. The molecule has 1 aromatic carbocycles. The Labute approximate surface area is 177 Å². The molecule has 0 unspecified atom stereocenters. The van der Waals surface area contributed by atoms with Crippen molar-refractivity contribution in [2.75, 3.05) is 34.1 Å². The molecule has 9 nitrogen and oxygen atoms in total. The van der Waals surface area contributed by atoms with Crippen molar-refractivity contribution >= 4 is 12.0 Å². The number of rotatable bonds is 6. The lowest BCUT2D eigenvalue weighted by molar-refractivity contribution is 0.0222. The molecule has 2 amide bonds. The van der Waals surface area contributed by atoms with E-state index >= 15 is 0 Å². The van der Waals surface area contributed by atoms with E-state index in [4.69, 9.17) is 18.9 Å². The first-order valence-electron chi connectivity index (χ1n) is 9.92. The van der Waals surface area contributed by atoms with Crippen molar-refractivity contribution in [2.45, 2.75) is 51.4 Å². The van der Waals surface area contributed by atoms with Crippen molar-refractivity contribution < 1.29 is 33.6 Å². The van der Waals surface area contributed by atoms with Gasteiger partial charge in [0.15, 0.2) is 18.3 Å². The molecule has 168 valence electrons. The lowest BCUT2D eigenvalue weighted by Crippen LogP contribution is -2.50. The molecule has 0 saturated carbocycles. The Hall–Kier alpha value is -2.52. The van der Waals surface area contributed by atoms with Gasteiger partial charge in [0.2, 0.25) is 0 Å². The van der Waals surface area contributed by atoms with E-state index in [0.29, 0.717) is 25.1 Å². The summed E-state index contributed by atoms with van der Waals surface area (Å²) in [5, 5.41) is 13.3. The van der Waals surface area contributed by atoms with Crippen LogP contribution < -0.4 is 14.8 Å². The molecule has 1 saturated heterocycles. The number of benzene rings is 1. The summed E-state index contributed by atoms with van der Waals surface area (Å²) < 4.78 is 21.2. The number of nitrogens with one attached hydrogen (secondary N) is 1. The summed E-state index contributed by atoms with van der Waals surface area (Å²) in [5.74, 6) is 0.179. The Kier molecular flexibility index (Phi) is 8.31. The van der Waals surface area contributed by atoms with Crippen LogP contribution in [0.25, 0.3) is 0 Å². The van der Waals surface area contributed by atoms with Gasteiger partial charge in [0.05, 0.1) is 24.8 Å². The van der Waals surface area contributed by atoms with Crippen LogP contribution in [0.2, 0.25) is 0 Å². The fraction of sp³-hybridized carbons (Fsp3) is 0.619. The number of para-hydroxylation sites is 1. The topological polar surface area (TPSA) is 107 Å². The fourth-order valence-corrected chi connectivity index (χ4v) is 3.15. The predicted molar refractivity (Wildman–Crippen MR) is 110 cm³/mol. The summed E-state index contributed by atoms with van der Waals surface area (Å²) in [6.07, 6.45) is -0.208. The van der Waals surface area contributed by atoms with Gasteiger partial charge in [0, 0.05) is 20.2 Å². The van der Waals surface area contributed by atoms with E-state index in [1.165, 1.54) is 19.1 Å². The van der Waals surface area contributed by atoms with Crippen LogP contribution >= 0.6 is 0 Å². The van der Waals surface area contributed by atoms with Crippen molar-refractivity contribution in [3.05, 3.63) is 23.8 Å². The van der Waals surface area contributed by atoms with Gasteiger partial charge in [0.1, 0.15) is 5.60 Å². The largest absolute Gasteiger partial charge is 0.493 e. The summed E-state index contributed by atoms with van der Waals surface area (Å²) >= 11 is 0. The van der Waals surface area contributed by atoms with Gasteiger partial charge in [-0.3, -0.25) is 4.79 Å². The second-order valence-electron chi connectivity index (χ2n) is 8.10. The zero-order chi connectivity index (χ0) is 22.3. The third-order valence-corrected chi connectivity index (χ3v) is 4.54. The summed E-state index contributed by atoms with van der Waals surface area (Å²) in [4.78, 5) is 27.0. The van der Waals surface area contributed by atoms with Gasteiger partial charge in [-0.2, -0.15) is 0 Å². The van der Waals surface area contributed by atoms with Crippen molar-refractivity contribution in [1.29, 1.82) is 0 Å². The molecule has 1 heterocycles. The van der Waals surface area contributed by atoms with Gasteiger partial charge < -0.3 is 34.3 Å². The fourth-order valence-electron chi connectivity index (χ4n) is 3.15. The number of ether oxygens (including phenoxy) is 4. The van der Waals surface area contributed by atoms with Gasteiger partial charge >= 0.3 is 6.09 Å². The molecule has 1 aliphatic heterocycles. The Balaban J connectivity index is 2.18. The normalized spacial score (nSPS) is 19.6. The van der Waals surface area contributed by atoms with Crippen LogP contribution in [-0.2, 0) is 9.47 Å². The molecule has 0 aliphatic carbocycles. The zero-order valence-electron chi connectivity index (χ0n) is 18.3. The first kappa shape index (κ1) is 23.8. The first-order valence-corrected chi connectivity index (χ1v) is 9.92. The average Bonchev–Trinajstić information content (AvgIpc) is 2.86. The molecule has 1 aliphatic rings. The van der Waals surface area contributed by atoms with Crippen LogP contribution in [0, 0.1) is 0 Å². The maximum atomic E-state index is 13.0. The van der Waals surface area contributed by atoms with Crippen LogP contribution in [0.3, 0.4) is 0 Å². The Bertz CT molecular complexity index is 733. The zero-order valence-corrected chi connectivity index (χ0v) is 18.3. The summed E-state index contributed by atoms with van der Waals surface area (Å²) in [7, 11) is 2.95. The monoisotopic (exact) mass is 424 g/mol. The number of amides is 2. The minimum absolute atomic E-state index is 0.0564. The molecule has 0 radical (unpaired) electrons. The van der Waals surface area contributed by atoms with Crippen LogP contribution in [0.5, 0.6) is 11.5 Å². The molecular weight excluding hydrogens is 392 g/mol. The number of methoxy groups -OCH3 is 2. The van der Waals surface area contributed by atoms with E-state index in [0.717, 1.165) is 0 Å². The van der Waals surface area contributed by atoms with E-state index in [-0.39, 0.29) is 24.7 Å². The highest BCUT2D eigenvalue weighted by molar-refractivity contribution is 5.98. The van der Waals surface area contributed by atoms with Gasteiger partial charge in [-0.15, -0.1) is 0 Å². The number of nitrogens with zero attached hydrogens (tertiary/aromatic N) is 1. The number of aliphatic hydroxyl groups is 1. The lowest BCUT2D eigenvalue weighted by Gasteiger charge is -2.29. The van der Waals surface area contributed by atoms with E-state index in [9.17, 15) is 14.7 Å². The molecule has 2 atom stereocenters. The molecule has 2 rings (SSSR count). The first-order chi connectivity index (χ1) is 14.2. The maximum absolute atomic E-state index is 13.0. The highest BCUT2D eigenvalue weighted by atomic mass is 16.7. The van der Waals surface area contributed by atoms with Crippen molar-refractivity contribution in [3.8, 4) is 11.5 Å². The standard InChI is InChI=1S/C21H32N2O7/c1-21(2,3)30-20(26)23-11-7-9-16(24)15(12-23)22-19(25)14-8-6-10-17(28-5)18(14)29-13-27-4/h6,8,10,15-16,24H,7,9,11-13H2,1-5H3,(H,22,25)/t15-,16-/m1/s1. The Morgan fingerprint density at radius 3 is 2.63 bits per heavy atom. The SMILES string of the molecule is COCOc1c(OC)cccc1C(=O)N[C@@H]1CN(C(=O)OC(C)(C)C)CCC[C@H]1O. The molecule has 0 aromatic heterocycles. The molecule has 30 heavy (non-hydrogen) atoms. The average molecular weight is 424 g/mol. The maximum Gasteiger partial charge on any atom is 0.410 e. The highest BCUT2D eigenvalue weighted by Crippen LogP contribution is 2.31. The van der Waals surface area contributed by atoms with Crippen LogP contribution in [0.15, 0.2) is 18.2 Å². The molecule has 1 aromatic rings. The second kappa shape index (κ2) is 10.5. The van der Waals surface area contributed by atoms with E-state index in [2.05, 4.69) is 5.32 Å². The summed E-state index contributed by atoms with van der Waals surface area (Å²) in [6.45, 7) is 5.91. The number of carbonyl (C=O) groups is 2. The van der Waals surface area contributed by atoms with Crippen LogP contribution in [0.4, 0.5) is 4.79 Å². The van der Waals surface area contributed by atoms with Gasteiger partial charge in [-0.25, -0.2) is 4.79 Å². The molecule has 2 N–H and O–H groups in total. The Morgan fingerprint density at radius 2 is 2.00 bits per heavy atom. The predicted octanol–water partition coefficient (Wildman–Crippen LogP) is 2.17. The molecule has 1 fully saturated rings. The number of carbonyl (C=O) groups excluding carboxylic acids is 2. The quantitative estimate of drug-likeness (QED) is 0.674. The number of hydrogen-bond donors (Lipinski definition) is 2. The van der Waals surface area contributed by atoms with Crippen LogP contribution in [-0.4, -0.2) is 73.9 Å². The minimum atomic E-state index is -0.796. The lowest BCUT2D eigenvalue weighted by atomic mass is 10.1. The van der Waals surface area contributed by atoms with Gasteiger partial charge in [-0.1, -0.05) is 6.07 Å². The summed E-state index contributed by atoms with van der Waals surface area (Å²) in [6, 6.07) is 4.28. The van der Waals surface area contributed by atoms with Gasteiger partial charge in [-0.05, 0) is 45.7 Å². The minimum Gasteiger partial charge on any atom is -0.493 e. The van der Waals surface area contributed by atoms with Crippen molar-refractivity contribution in [1.82, 2.24) is 10.2 Å². The number of hydrogen-bond acceptors (Lipinski definition) is 7. The van der Waals surface area contributed by atoms with E-state index in [1.807, 2.05) is 0 Å². The Morgan fingerprint density at radius 1 is 1.27 bits per heavy atom. The third kappa shape index (κ3) is 6.50. The molecule has 0 spiro atoms. The smallest absolute Gasteiger partial charge is 0.410 e. The summed E-state index contributed by atoms with van der Waals surface area (Å²) in [5.41, 5.74) is -0.388. The van der Waals surface area contributed by atoms with Crippen molar-refractivity contribution in [3.63, 3.8) is 0 Å². The number of aliphatic hydroxyl groups excluding tert-OH is 1. The van der Waals surface area contributed by atoms with Crippen molar-refractivity contribution in [2.24, 2.45) is 0 Å². The van der Waals surface area contributed by atoms with E-state index in [1.54, 1.807) is 39.0 Å². The highest BCUT2D eigenvalue weighted by Gasteiger charge is 2.32. The van der Waals surface area contributed by atoms with E-state index < -0.39 is 29.7 Å². The molecule has 9 heteroatoms.